The van der Waals surface area contributed by atoms with E-state index in [9.17, 15) is 13.2 Å². The summed E-state index contributed by atoms with van der Waals surface area (Å²) in [7, 11) is -3.46. The first-order valence-corrected chi connectivity index (χ1v) is 6.18. The molecule has 0 aliphatic carbocycles. The van der Waals surface area contributed by atoms with Gasteiger partial charge in [-0.05, 0) is 13.8 Å². The van der Waals surface area contributed by atoms with Crippen molar-refractivity contribution in [3.63, 3.8) is 0 Å². The Bertz CT molecular complexity index is 316. The molecule has 1 atom stereocenters. The highest BCUT2D eigenvalue weighted by Gasteiger charge is 2.25. The Balaban J connectivity index is 2.09. The lowest BCUT2D eigenvalue weighted by atomic mass is 10.2. The molecular weight excluding hydrogens is 222 g/mol. The van der Waals surface area contributed by atoms with E-state index in [4.69, 9.17) is 4.74 Å². The Hall–Kier alpha value is -0.660. The summed E-state index contributed by atoms with van der Waals surface area (Å²) in [5.74, 6) is -0.0595. The van der Waals surface area contributed by atoms with Gasteiger partial charge in [0.1, 0.15) is 6.23 Å². The third kappa shape index (κ3) is 3.77. The van der Waals surface area contributed by atoms with E-state index in [0.717, 1.165) is 0 Å². The van der Waals surface area contributed by atoms with E-state index in [0.29, 0.717) is 6.42 Å². The molecule has 1 N–H and O–H groups in total. The number of hydrogen-bond acceptors (Lipinski definition) is 5. The highest BCUT2D eigenvalue weighted by atomic mass is 32.2. The number of nitrogens with one attached hydrogen (secondary N) is 1. The summed E-state index contributed by atoms with van der Waals surface area (Å²) in [5.41, 5.74) is 0. The normalized spacial score (nSPS) is 21.3. The molecule has 0 aromatic heterocycles. The molecule has 0 spiro atoms. The van der Waals surface area contributed by atoms with Crippen LogP contribution in [0.2, 0.25) is 0 Å². The third-order valence-electron chi connectivity index (χ3n) is 1.92. The second-order valence-electron chi connectivity index (χ2n) is 3.49. The second kappa shape index (κ2) is 4.91. The highest BCUT2D eigenvalue weighted by Crippen LogP contribution is 2.06. The zero-order valence-electron chi connectivity index (χ0n) is 8.73. The quantitative estimate of drug-likeness (QED) is 0.386. The van der Waals surface area contributed by atoms with Crippen LogP contribution in [-0.4, -0.2) is 39.0 Å². The largest absolute Gasteiger partial charge is 0.356 e. The maximum atomic E-state index is 11.2. The molecule has 1 rings (SSSR count). The van der Waals surface area contributed by atoms with Gasteiger partial charge in [-0.2, -0.15) is 8.42 Å². The molecule has 1 aliphatic heterocycles. The van der Waals surface area contributed by atoms with Gasteiger partial charge in [0.2, 0.25) is 5.91 Å². The summed E-state index contributed by atoms with van der Waals surface area (Å²) in [5, 5.41) is 1.94. The van der Waals surface area contributed by atoms with Gasteiger partial charge in [0.05, 0.1) is 24.9 Å². The molecule has 15 heavy (non-hydrogen) atoms. The Morgan fingerprint density at radius 2 is 2.07 bits per heavy atom. The lowest BCUT2D eigenvalue weighted by Crippen LogP contribution is -2.50. The zero-order valence-corrected chi connectivity index (χ0v) is 9.54. The summed E-state index contributed by atoms with van der Waals surface area (Å²) >= 11 is 0. The molecule has 1 aliphatic rings. The standard InChI is InChI=1S/C8H15NO5S/c1-6(2)15(11,12)14-4-3-13-8-5-7(10)9-8/h6,8H,3-5H2,1-2H3,(H,9,10). The molecular formula is C8H15NO5S. The van der Waals surface area contributed by atoms with Gasteiger partial charge >= 0.3 is 0 Å². The molecule has 1 saturated heterocycles. The molecule has 7 heteroatoms. The van der Waals surface area contributed by atoms with Crippen LogP contribution >= 0.6 is 0 Å². The molecule has 0 saturated carbocycles. The average molecular weight is 237 g/mol. The second-order valence-corrected chi connectivity index (χ2v) is 5.66. The van der Waals surface area contributed by atoms with Crippen LogP contribution in [0.15, 0.2) is 0 Å². The Morgan fingerprint density at radius 3 is 2.53 bits per heavy atom. The minimum atomic E-state index is -3.46. The van der Waals surface area contributed by atoms with Crippen LogP contribution in [0.4, 0.5) is 0 Å². The maximum absolute atomic E-state index is 11.2. The lowest BCUT2D eigenvalue weighted by Gasteiger charge is -2.26. The Morgan fingerprint density at radius 1 is 1.47 bits per heavy atom. The first-order valence-electron chi connectivity index (χ1n) is 4.71. The summed E-state index contributed by atoms with van der Waals surface area (Å²) < 4.78 is 32.1. The van der Waals surface area contributed by atoms with Gasteiger partial charge in [0.25, 0.3) is 10.1 Å². The lowest BCUT2D eigenvalue weighted by molar-refractivity contribution is -0.141. The zero-order chi connectivity index (χ0) is 11.5. The number of carbonyl (C=O) groups excluding carboxylic acids is 1. The molecule has 0 bridgehead atoms. The summed E-state index contributed by atoms with van der Waals surface area (Å²) in [4.78, 5) is 10.5. The fraction of sp³-hybridized carbons (Fsp3) is 0.875. The minimum Gasteiger partial charge on any atom is -0.356 e. The SMILES string of the molecule is CC(C)S(=O)(=O)OCCOC1CC(=O)N1. The predicted molar refractivity (Wildman–Crippen MR) is 52.5 cm³/mol. The number of rotatable bonds is 6. The van der Waals surface area contributed by atoms with Gasteiger partial charge in [0.15, 0.2) is 0 Å². The van der Waals surface area contributed by atoms with Crippen LogP contribution in [0.5, 0.6) is 0 Å². The van der Waals surface area contributed by atoms with Gasteiger partial charge < -0.3 is 10.1 Å². The van der Waals surface area contributed by atoms with Crippen LogP contribution in [0.1, 0.15) is 20.3 Å². The summed E-state index contributed by atoms with van der Waals surface area (Å²) in [6.07, 6.45) is 0.0413. The van der Waals surface area contributed by atoms with Crippen molar-refractivity contribution in [1.29, 1.82) is 0 Å². The molecule has 0 aromatic rings. The third-order valence-corrected chi connectivity index (χ3v) is 3.57. The first kappa shape index (κ1) is 12.4. The summed E-state index contributed by atoms with van der Waals surface area (Å²) in [6, 6.07) is 0. The van der Waals surface area contributed by atoms with Gasteiger partial charge in [-0.15, -0.1) is 0 Å². The van der Waals surface area contributed by atoms with Crippen molar-refractivity contribution in [2.75, 3.05) is 13.2 Å². The van der Waals surface area contributed by atoms with Crippen LogP contribution in [0.3, 0.4) is 0 Å². The van der Waals surface area contributed by atoms with E-state index in [1.54, 1.807) is 13.8 Å². The van der Waals surface area contributed by atoms with Gasteiger partial charge in [-0.3, -0.25) is 8.98 Å². The van der Waals surface area contributed by atoms with Gasteiger partial charge in [-0.25, -0.2) is 0 Å². The number of hydrogen-bond donors (Lipinski definition) is 1. The molecule has 1 heterocycles. The van der Waals surface area contributed by atoms with Gasteiger partial charge in [-0.1, -0.05) is 0 Å². The van der Waals surface area contributed by atoms with E-state index in [1.807, 2.05) is 0 Å². The molecule has 1 amide bonds. The molecule has 1 fully saturated rings. The first-order chi connectivity index (χ1) is 6.92. The van der Waals surface area contributed by atoms with E-state index in [2.05, 4.69) is 9.50 Å². The highest BCUT2D eigenvalue weighted by molar-refractivity contribution is 7.87. The maximum Gasteiger partial charge on any atom is 0.269 e. The minimum absolute atomic E-state index is 0.0209. The fourth-order valence-electron chi connectivity index (χ4n) is 0.904. The van der Waals surface area contributed by atoms with Crippen molar-refractivity contribution in [1.82, 2.24) is 5.32 Å². The smallest absolute Gasteiger partial charge is 0.269 e. The van der Waals surface area contributed by atoms with Crippen molar-refractivity contribution in [2.24, 2.45) is 0 Å². The molecule has 6 nitrogen and oxygen atoms in total. The molecule has 88 valence electrons. The van der Waals surface area contributed by atoms with E-state index in [-0.39, 0.29) is 25.3 Å². The molecule has 1 unspecified atom stereocenters. The van der Waals surface area contributed by atoms with Crippen molar-refractivity contribution in [3.8, 4) is 0 Å². The van der Waals surface area contributed by atoms with Crippen LogP contribution in [0.25, 0.3) is 0 Å². The van der Waals surface area contributed by atoms with Crippen molar-refractivity contribution >= 4 is 16.0 Å². The number of β-lactam (4-membered cyclic amide) rings is 1. The van der Waals surface area contributed by atoms with E-state index in [1.165, 1.54) is 0 Å². The Kier molecular flexibility index (Phi) is 4.06. The predicted octanol–water partition coefficient (Wildman–Crippen LogP) is -0.396. The number of carbonyl (C=O) groups is 1. The van der Waals surface area contributed by atoms with Gasteiger partial charge in [0, 0.05) is 0 Å². The van der Waals surface area contributed by atoms with Crippen LogP contribution in [-0.2, 0) is 23.8 Å². The van der Waals surface area contributed by atoms with Crippen LogP contribution < -0.4 is 5.32 Å². The number of ether oxygens (including phenoxy) is 1. The monoisotopic (exact) mass is 237 g/mol. The summed E-state index contributed by atoms with van der Waals surface area (Å²) in [6.45, 7) is 3.22. The van der Waals surface area contributed by atoms with Crippen LogP contribution in [0, 0.1) is 0 Å². The van der Waals surface area contributed by atoms with Crippen molar-refractivity contribution in [2.45, 2.75) is 31.7 Å². The topological polar surface area (TPSA) is 81.7 Å². The number of amides is 1. The Labute approximate surface area is 89.1 Å². The molecule has 0 aromatic carbocycles. The van der Waals surface area contributed by atoms with Crippen molar-refractivity contribution < 1.29 is 22.1 Å². The van der Waals surface area contributed by atoms with E-state index >= 15 is 0 Å². The van der Waals surface area contributed by atoms with Crippen molar-refractivity contribution in [3.05, 3.63) is 0 Å². The van der Waals surface area contributed by atoms with E-state index < -0.39 is 15.4 Å². The molecule has 0 radical (unpaired) electrons. The average Bonchev–Trinajstić information content (AvgIpc) is 2.08. The fourth-order valence-corrected chi connectivity index (χ4v) is 1.48.